The first kappa shape index (κ1) is 17.1. The molecule has 0 fully saturated rings. The van der Waals surface area contributed by atoms with Crippen LogP contribution in [0.5, 0.6) is 0 Å². The van der Waals surface area contributed by atoms with Gasteiger partial charge in [0.2, 0.25) is 0 Å². The molecular weight excluding hydrogens is 379 g/mol. The van der Waals surface area contributed by atoms with E-state index in [1.54, 1.807) is 24.3 Å². The van der Waals surface area contributed by atoms with Gasteiger partial charge in [-0.3, -0.25) is 4.57 Å². The van der Waals surface area contributed by atoms with Crippen LogP contribution in [0, 0.1) is 11.3 Å². The summed E-state index contributed by atoms with van der Waals surface area (Å²) < 4.78 is 40.7. The minimum Gasteiger partial charge on any atom is -0.384 e. The Morgan fingerprint density at radius 3 is 2.37 bits per heavy atom. The maximum atomic E-state index is 13.1. The summed E-state index contributed by atoms with van der Waals surface area (Å²) >= 11 is 6.15. The van der Waals surface area contributed by atoms with Crippen LogP contribution in [-0.4, -0.2) is 14.5 Å². The van der Waals surface area contributed by atoms with Gasteiger partial charge in [0.25, 0.3) is 0 Å². The number of hydrogen-bond acceptors (Lipinski definition) is 4. The molecule has 0 amide bonds. The number of anilines is 1. The summed E-state index contributed by atoms with van der Waals surface area (Å²) in [6.45, 7) is 0. The zero-order valence-corrected chi connectivity index (χ0v) is 14.2. The van der Waals surface area contributed by atoms with Gasteiger partial charge in [0.1, 0.15) is 23.0 Å². The van der Waals surface area contributed by atoms with E-state index in [2.05, 4.69) is 9.97 Å². The number of nitriles is 1. The molecule has 5 nitrogen and oxygen atoms in total. The maximum Gasteiger partial charge on any atom is 0.416 e. The fraction of sp³-hybridized carbons (Fsp3) is 0.0556. The molecule has 0 saturated heterocycles. The fourth-order valence-corrected chi connectivity index (χ4v) is 3.08. The third kappa shape index (κ3) is 2.64. The Morgan fingerprint density at radius 2 is 1.74 bits per heavy atom. The van der Waals surface area contributed by atoms with Crippen LogP contribution in [-0.2, 0) is 6.18 Å². The number of para-hydroxylation sites is 2. The summed E-state index contributed by atoms with van der Waals surface area (Å²) in [4.78, 5) is 8.85. The summed E-state index contributed by atoms with van der Waals surface area (Å²) in [7, 11) is 0. The van der Waals surface area contributed by atoms with Crippen LogP contribution >= 0.6 is 11.6 Å². The van der Waals surface area contributed by atoms with Crippen molar-refractivity contribution in [3.63, 3.8) is 0 Å². The highest BCUT2D eigenvalue weighted by molar-refractivity contribution is 6.32. The SMILES string of the molecule is N#Cc1c(N)n(-c2cc(C(F)(F)F)ccc2Cl)c2nc3ccccc3nc12. The molecule has 2 heterocycles. The molecule has 0 spiro atoms. The van der Waals surface area contributed by atoms with Gasteiger partial charge in [-0.05, 0) is 30.3 Å². The lowest BCUT2D eigenvalue weighted by Gasteiger charge is -2.13. The molecule has 0 atom stereocenters. The molecule has 4 aromatic rings. The third-order valence-corrected chi connectivity index (χ3v) is 4.44. The van der Waals surface area contributed by atoms with Gasteiger partial charge in [-0.15, -0.1) is 0 Å². The summed E-state index contributed by atoms with van der Waals surface area (Å²) in [5.41, 5.74) is 6.57. The minimum atomic E-state index is -4.56. The van der Waals surface area contributed by atoms with E-state index in [9.17, 15) is 18.4 Å². The van der Waals surface area contributed by atoms with Crippen molar-refractivity contribution in [1.82, 2.24) is 14.5 Å². The summed E-state index contributed by atoms with van der Waals surface area (Å²) in [5, 5.41) is 9.51. The highest BCUT2D eigenvalue weighted by atomic mass is 35.5. The van der Waals surface area contributed by atoms with Crippen LogP contribution in [0.15, 0.2) is 42.5 Å². The predicted octanol–water partition coefficient (Wildman–Crippen LogP) is 4.70. The molecular formula is C18H9ClF3N5. The van der Waals surface area contributed by atoms with E-state index in [-0.39, 0.29) is 33.3 Å². The number of nitrogen functional groups attached to an aromatic ring is 1. The van der Waals surface area contributed by atoms with Crippen molar-refractivity contribution in [3.8, 4) is 11.8 Å². The van der Waals surface area contributed by atoms with Crippen LogP contribution in [0.2, 0.25) is 5.02 Å². The lowest BCUT2D eigenvalue weighted by molar-refractivity contribution is -0.137. The van der Waals surface area contributed by atoms with Gasteiger partial charge < -0.3 is 5.73 Å². The van der Waals surface area contributed by atoms with Crippen molar-refractivity contribution in [1.29, 1.82) is 5.26 Å². The number of fused-ring (bicyclic) bond motifs is 2. The Bertz CT molecular complexity index is 1250. The second kappa shape index (κ2) is 5.86. The second-order valence-electron chi connectivity index (χ2n) is 5.76. The normalized spacial score (nSPS) is 11.8. The first-order chi connectivity index (χ1) is 12.8. The Morgan fingerprint density at radius 1 is 1.07 bits per heavy atom. The Kier molecular flexibility index (Phi) is 3.71. The number of rotatable bonds is 1. The number of alkyl halides is 3. The van der Waals surface area contributed by atoms with Crippen LogP contribution in [0.25, 0.3) is 27.9 Å². The molecule has 0 radical (unpaired) electrons. The van der Waals surface area contributed by atoms with Gasteiger partial charge in [-0.1, -0.05) is 23.7 Å². The van der Waals surface area contributed by atoms with Crippen LogP contribution in [0.4, 0.5) is 19.0 Å². The van der Waals surface area contributed by atoms with E-state index in [0.717, 1.165) is 18.2 Å². The van der Waals surface area contributed by atoms with Crippen molar-refractivity contribution in [2.24, 2.45) is 0 Å². The largest absolute Gasteiger partial charge is 0.416 e. The molecule has 9 heteroatoms. The van der Waals surface area contributed by atoms with Crippen LogP contribution in [0.3, 0.4) is 0 Å². The highest BCUT2D eigenvalue weighted by Crippen LogP contribution is 2.37. The molecule has 4 rings (SSSR count). The smallest absolute Gasteiger partial charge is 0.384 e. The standard InChI is InChI=1S/C18H9ClF3N5/c19-11-6-5-9(18(20,21)22)7-14(11)27-16(24)10(8-23)15-17(27)26-13-4-2-1-3-12(13)25-15/h1-7H,24H2. The first-order valence-corrected chi connectivity index (χ1v) is 8.03. The van der Waals surface area contributed by atoms with E-state index >= 15 is 0 Å². The molecule has 0 unspecified atom stereocenters. The number of halogens is 4. The first-order valence-electron chi connectivity index (χ1n) is 7.65. The van der Waals surface area contributed by atoms with Gasteiger partial charge in [-0.2, -0.15) is 18.4 Å². The van der Waals surface area contributed by atoms with Gasteiger partial charge in [0.05, 0.1) is 27.3 Å². The van der Waals surface area contributed by atoms with Gasteiger partial charge in [0.15, 0.2) is 5.65 Å². The van der Waals surface area contributed by atoms with Gasteiger partial charge in [-0.25, -0.2) is 9.97 Å². The summed E-state index contributed by atoms with van der Waals surface area (Å²) in [5.74, 6) is -0.0796. The molecule has 2 aromatic heterocycles. The van der Waals surface area contributed by atoms with Crippen LogP contribution in [0.1, 0.15) is 11.1 Å². The summed E-state index contributed by atoms with van der Waals surface area (Å²) in [6.07, 6.45) is -4.56. The molecule has 134 valence electrons. The van der Waals surface area contributed by atoms with Crippen molar-refractivity contribution in [3.05, 3.63) is 58.6 Å². The van der Waals surface area contributed by atoms with E-state index in [4.69, 9.17) is 17.3 Å². The number of nitrogens with zero attached hydrogens (tertiary/aromatic N) is 4. The lowest BCUT2D eigenvalue weighted by atomic mass is 10.2. The topological polar surface area (TPSA) is 80.5 Å². The number of benzene rings is 2. The molecule has 0 aliphatic heterocycles. The zero-order valence-electron chi connectivity index (χ0n) is 13.4. The van der Waals surface area contributed by atoms with Crippen molar-refractivity contribution in [2.45, 2.75) is 6.18 Å². The van der Waals surface area contributed by atoms with E-state index < -0.39 is 11.7 Å². The quantitative estimate of drug-likeness (QED) is 0.513. The average molecular weight is 388 g/mol. The molecule has 2 N–H and O–H groups in total. The van der Waals surface area contributed by atoms with Crippen molar-refractivity contribution >= 4 is 39.6 Å². The second-order valence-corrected chi connectivity index (χ2v) is 6.16. The minimum absolute atomic E-state index is 0.0248. The Balaban J connectivity index is 2.13. The van der Waals surface area contributed by atoms with E-state index in [0.29, 0.717) is 11.0 Å². The Labute approximate surface area is 155 Å². The molecule has 27 heavy (non-hydrogen) atoms. The monoisotopic (exact) mass is 387 g/mol. The van der Waals surface area contributed by atoms with Gasteiger partial charge >= 0.3 is 6.18 Å². The number of hydrogen-bond donors (Lipinski definition) is 1. The molecule has 2 aromatic carbocycles. The van der Waals surface area contributed by atoms with Crippen LogP contribution < -0.4 is 5.73 Å². The average Bonchev–Trinajstić information content (AvgIpc) is 2.89. The predicted molar refractivity (Wildman–Crippen MR) is 95.5 cm³/mol. The third-order valence-electron chi connectivity index (χ3n) is 4.12. The molecule has 0 saturated carbocycles. The van der Waals surface area contributed by atoms with Crippen molar-refractivity contribution in [2.75, 3.05) is 5.73 Å². The number of aromatic nitrogens is 3. The molecule has 0 aliphatic carbocycles. The Hall–Kier alpha value is -3.31. The zero-order chi connectivity index (χ0) is 19.3. The lowest BCUT2D eigenvalue weighted by Crippen LogP contribution is -2.08. The van der Waals surface area contributed by atoms with E-state index in [1.807, 2.05) is 6.07 Å². The fourth-order valence-electron chi connectivity index (χ4n) is 2.88. The van der Waals surface area contributed by atoms with Crippen molar-refractivity contribution < 1.29 is 13.2 Å². The van der Waals surface area contributed by atoms with E-state index in [1.165, 1.54) is 4.57 Å². The number of nitrogens with two attached hydrogens (primary N) is 1. The molecule has 0 aliphatic rings. The highest BCUT2D eigenvalue weighted by Gasteiger charge is 2.32. The van der Waals surface area contributed by atoms with Gasteiger partial charge in [0, 0.05) is 0 Å². The summed E-state index contributed by atoms with van der Waals surface area (Å²) in [6, 6.07) is 11.8. The maximum absolute atomic E-state index is 13.1. The molecule has 0 bridgehead atoms.